The van der Waals surface area contributed by atoms with E-state index in [1.807, 2.05) is 30.3 Å². The summed E-state index contributed by atoms with van der Waals surface area (Å²) in [6.07, 6.45) is -4.77. The van der Waals surface area contributed by atoms with E-state index in [0.717, 1.165) is 24.2 Å². The third-order valence-electron chi connectivity index (χ3n) is 5.20. The van der Waals surface area contributed by atoms with Crippen molar-refractivity contribution in [2.24, 2.45) is 0 Å². The van der Waals surface area contributed by atoms with Crippen LogP contribution in [-0.2, 0) is 12.7 Å². The molecule has 0 bridgehead atoms. The summed E-state index contributed by atoms with van der Waals surface area (Å²) >= 11 is 0. The zero-order valence-corrected chi connectivity index (χ0v) is 14.7. The van der Waals surface area contributed by atoms with E-state index in [4.69, 9.17) is 4.74 Å². The Morgan fingerprint density at radius 2 is 1.85 bits per heavy atom. The van der Waals surface area contributed by atoms with Crippen LogP contribution in [0.2, 0.25) is 0 Å². The summed E-state index contributed by atoms with van der Waals surface area (Å²) in [7, 11) is 1.63. The first-order chi connectivity index (χ1) is 12.8. The molecule has 0 saturated carbocycles. The quantitative estimate of drug-likeness (QED) is 0.805. The number of alkyl halides is 3. The van der Waals surface area contributed by atoms with Crippen LogP contribution in [0.25, 0.3) is 0 Å². The zero-order chi connectivity index (χ0) is 19.2. The van der Waals surface area contributed by atoms with Crippen molar-refractivity contribution >= 4 is 5.91 Å². The highest BCUT2D eigenvalue weighted by Gasteiger charge is 2.43. The Labute approximate surface area is 155 Å². The predicted molar refractivity (Wildman–Crippen MR) is 93.5 cm³/mol. The third-order valence-corrected chi connectivity index (χ3v) is 5.20. The molecule has 2 unspecified atom stereocenters. The Hall–Kier alpha value is -2.54. The second kappa shape index (κ2) is 6.56. The molecule has 1 fully saturated rings. The molecule has 4 nitrogen and oxygen atoms in total. The van der Waals surface area contributed by atoms with Crippen LogP contribution in [-0.4, -0.2) is 48.0 Å². The number of nitrogens with zero attached hydrogens (tertiary/aromatic N) is 2. The first-order valence-corrected chi connectivity index (χ1v) is 8.74. The standard InChI is InChI=1S/C20H19F3N2O2/c1-24-16-11-25(10-13-5-3-2-4-6-13)12-18(16)27-17-8-7-14(20(21,22)23)9-15(17)19(24)26/h2-9,16,18H,10-12H2,1H3. The minimum Gasteiger partial charge on any atom is -0.486 e. The molecule has 2 aromatic rings. The van der Waals surface area contributed by atoms with Crippen LogP contribution in [0.3, 0.4) is 0 Å². The van der Waals surface area contributed by atoms with Crippen LogP contribution in [0.1, 0.15) is 21.5 Å². The Morgan fingerprint density at radius 1 is 1.11 bits per heavy atom. The Balaban J connectivity index is 1.59. The number of carbonyl (C=O) groups excluding carboxylic acids is 1. The molecule has 4 rings (SSSR count). The molecule has 142 valence electrons. The van der Waals surface area contributed by atoms with E-state index >= 15 is 0 Å². The van der Waals surface area contributed by atoms with Crippen molar-refractivity contribution in [1.82, 2.24) is 9.80 Å². The third kappa shape index (κ3) is 3.39. The molecule has 27 heavy (non-hydrogen) atoms. The van der Waals surface area contributed by atoms with E-state index in [0.29, 0.717) is 13.1 Å². The summed E-state index contributed by atoms with van der Waals surface area (Å²) < 4.78 is 45.0. The maximum atomic E-state index is 13.0. The van der Waals surface area contributed by atoms with Crippen molar-refractivity contribution in [2.45, 2.75) is 24.9 Å². The van der Waals surface area contributed by atoms with Gasteiger partial charge in [-0.2, -0.15) is 13.2 Å². The fraction of sp³-hybridized carbons (Fsp3) is 0.350. The normalized spacial score (nSPS) is 22.8. The molecular weight excluding hydrogens is 357 g/mol. The lowest BCUT2D eigenvalue weighted by Gasteiger charge is -2.25. The topological polar surface area (TPSA) is 32.8 Å². The van der Waals surface area contributed by atoms with Gasteiger partial charge < -0.3 is 9.64 Å². The smallest absolute Gasteiger partial charge is 0.416 e. The van der Waals surface area contributed by atoms with E-state index in [-0.39, 0.29) is 23.5 Å². The van der Waals surface area contributed by atoms with Gasteiger partial charge in [-0.3, -0.25) is 9.69 Å². The number of halogens is 3. The molecule has 7 heteroatoms. The number of hydrogen-bond donors (Lipinski definition) is 0. The van der Waals surface area contributed by atoms with Crippen LogP contribution in [0.15, 0.2) is 48.5 Å². The van der Waals surface area contributed by atoms with Gasteiger partial charge in [-0.25, -0.2) is 0 Å². The lowest BCUT2D eigenvalue weighted by molar-refractivity contribution is -0.137. The molecule has 2 heterocycles. The molecular formula is C20H19F3N2O2. The number of amides is 1. The van der Waals surface area contributed by atoms with Gasteiger partial charge in [0.2, 0.25) is 0 Å². The molecule has 2 aliphatic rings. The van der Waals surface area contributed by atoms with Crippen molar-refractivity contribution in [3.05, 3.63) is 65.2 Å². The van der Waals surface area contributed by atoms with E-state index in [2.05, 4.69) is 4.90 Å². The number of rotatable bonds is 2. The fourth-order valence-electron chi connectivity index (χ4n) is 3.77. The molecule has 2 aliphatic heterocycles. The highest BCUT2D eigenvalue weighted by molar-refractivity contribution is 5.97. The van der Waals surface area contributed by atoms with Gasteiger partial charge in [0.1, 0.15) is 11.9 Å². The van der Waals surface area contributed by atoms with Gasteiger partial charge in [-0.05, 0) is 23.8 Å². The Morgan fingerprint density at radius 3 is 2.56 bits per heavy atom. The van der Waals surface area contributed by atoms with E-state index in [9.17, 15) is 18.0 Å². The average molecular weight is 376 g/mol. The fourth-order valence-corrected chi connectivity index (χ4v) is 3.77. The second-order valence-electron chi connectivity index (χ2n) is 7.03. The first kappa shape index (κ1) is 17.9. The van der Waals surface area contributed by atoms with Gasteiger partial charge in [0, 0.05) is 26.7 Å². The van der Waals surface area contributed by atoms with Gasteiger partial charge in [-0.1, -0.05) is 30.3 Å². The zero-order valence-electron chi connectivity index (χ0n) is 14.7. The molecule has 0 aromatic heterocycles. The highest BCUT2D eigenvalue weighted by Crippen LogP contribution is 2.36. The van der Waals surface area contributed by atoms with Crippen LogP contribution in [0.5, 0.6) is 5.75 Å². The maximum absolute atomic E-state index is 13.0. The van der Waals surface area contributed by atoms with Gasteiger partial charge >= 0.3 is 6.18 Å². The van der Waals surface area contributed by atoms with Crippen LogP contribution < -0.4 is 4.74 Å². The van der Waals surface area contributed by atoms with Crippen molar-refractivity contribution in [3.8, 4) is 5.75 Å². The van der Waals surface area contributed by atoms with Gasteiger partial charge in [-0.15, -0.1) is 0 Å². The number of likely N-dealkylation sites (tertiary alicyclic amines) is 1. The average Bonchev–Trinajstić information content (AvgIpc) is 2.99. The predicted octanol–water partition coefficient (Wildman–Crippen LogP) is 3.42. The van der Waals surface area contributed by atoms with Gasteiger partial charge in [0.25, 0.3) is 5.91 Å². The van der Waals surface area contributed by atoms with Crippen molar-refractivity contribution in [3.63, 3.8) is 0 Å². The van der Waals surface area contributed by atoms with Gasteiger partial charge in [0.05, 0.1) is 17.2 Å². The van der Waals surface area contributed by atoms with Crippen LogP contribution >= 0.6 is 0 Å². The summed E-state index contributed by atoms with van der Waals surface area (Å²) in [5, 5.41) is 0. The van der Waals surface area contributed by atoms with E-state index < -0.39 is 17.6 Å². The number of benzene rings is 2. The number of hydrogen-bond acceptors (Lipinski definition) is 3. The lowest BCUT2D eigenvalue weighted by Crippen LogP contribution is -2.44. The molecule has 0 radical (unpaired) electrons. The summed E-state index contributed by atoms with van der Waals surface area (Å²) in [5.74, 6) is -0.223. The number of carbonyl (C=O) groups is 1. The number of fused-ring (bicyclic) bond motifs is 2. The number of ether oxygens (including phenoxy) is 1. The molecule has 2 atom stereocenters. The van der Waals surface area contributed by atoms with Gasteiger partial charge in [0.15, 0.2) is 0 Å². The van der Waals surface area contributed by atoms with Crippen LogP contribution in [0.4, 0.5) is 13.2 Å². The lowest BCUT2D eigenvalue weighted by atomic mass is 10.1. The first-order valence-electron chi connectivity index (χ1n) is 8.74. The van der Waals surface area contributed by atoms with Crippen molar-refractivity contribution in [1.29, 1.82) is 0 Å². The Bertz CT molecular complexity index is 854. The van der Waals surface area contributed by atoms with Crippen LogP contribution in [0, 0.1) is 0 Å². The highest BCUT2D eigenvalue weighted by atomic mass is 19.4. The summed E-state index contributed by atoms with van der Waals surface area (Å²) in [6, 6.07) is 12.9. The Kier molecular flexibility index (Phi) is 4.34. The molecule has 0 spiro atoms. The molecule has 0 aliphatic carbocycles. The molecule has 1 amide bonds. The summed E-state index contributed by atoms with van der Waals surface area (Å²) in [6.45, 7) is 1.96. The molecule has 0 N–H and O–H groups in total. The molecule has 1 saturated heterocycles. The van der Waals surface area contributed by atoms with Crippen molar-refractivity contribution < 1.29 is 22.7 Å². The number of likely N-dealkylation sites (N-methyl/N-ethyl adjacent to an activating group) is 1. The van der Waals surface area contributed by atoms with E-state index in [1.165, 1.54) is 11.0 Å². The minimum atomic E-state index is -4.50. The maximum Gasteiger partial charge on any atom is 0.416 e. The summed E-state index contributed by atoms with van der Waals surface area (Å²) in [5.41, 5.74) is 0.291. The SMILES string of the molecule is CN1C(=O)c2cc(C(F)(F)F)ccc2OC2CN(Cc3ccccc3)CC21. The molecule has 2 aromatic carbocycles. The second-order valence-corrected chi connectivity index (χ2v) is 7.03. The largest absolute Gasteiger partial charge is 0.486 e. The monoisotopic (exact) mass is 376 g/mol. The minimum absolute atomic E-state index is 0.0312. The van der Waals surface area contributed by atoms with E-state index in [1.54, 1.807) is 7.05 Å². The van der Waals surface area contributed by atoms with Crippen molar-refractivity contribution in [2.75, 3.05) is 20.1 Å². The summed E-state index contributed by atoms with van der Waals surface area (Å²) in [4.78, 5) is 16.5.